The molecule has 0 aliphatic carbocycles. The molecule has 21 heavy (non-hydrogen) atoms. The standard InChI is InChI=1S/C18H24N2O/c1-12-5-7-16(14(3)9-12)17(20-19)11-15-10-13(2)6-8-18(15)21-4/h5-10,17,20H,11,19H2,1-4H3. The Kier molecular flexibility index (Phi) is 4.99. The van der Waals surface area contributed by atoms with Crippen LogP contribution in [0.1, 0.15) is 33.9 Å². The molecule has 0 saturated heterocycles. The molecule has 2 rings (SSSR count). The highest BCUT2D eigenvalue weighted by Gasteiger charge is 2.15. The molecule has 0 heterocycles. The third kappa shape index (κ3) is 3.63. The number of nitrogens with one attached hydrogen (secondary N) is 1. The van der Waals surface area contributed by atoms with E-state index in [0.717, 1.165) is 12.2 Å². The average Bonchev–Trinajstić information content (AvgIpc) is 2.45. The van der Waals surface area contributed by atoms with Crippen LogP contribution >= 0.6 is 0 Å². The van der Waals surface area contributed by atoms with E-state index in [9.17, 15) is 0 Å². The van der Waals surface area contributed by atoms with Crippen molar-refractivity contribution < 1.29 is 4.74 Å². The van der Waals surface area contributed by atoms with Crippen LogP contribution < -0.4 is 16.0 Å². The van der Waals surface area contributed by atoms with Gasteiger partial charge in [-0.3, -0.25) is 11.3 Å². The molecule has 1 unspecified atom stereocenters. The predicted molar refractivity (Wildman–Crippen MR) is 87.4 cm³/mol. The highest BCUT2D eigenvalue weighted by molar-refractivity contribution is 5.40. The third-order valence-electron chi connectivity index (χ3n) is 3.86. The summed E-state index contributed by atoms with van der Waals surface area (Å²) in [4.78, 5) is 0. The lowest BCUT2D eigenvalue weighted by molar-refractivity contribution is 0.405. The smallest absolute Gasteiger partial charge is 0.122 e. The van der Waals surface area contributed by atoms with Crippen molar-refractivity contribution in [1.82, 2.24) is 5.43 Å². The number of aryl methyl sites for hydroxylation is 3. The fourth-order valence-corrected chi connectivity index (χ4v) is 2.76. The molecule has 112 valence electrons. The molecule has 3 nitrogen and oxygen atoms in total. The molecule has 0 bridgehead atoms. The summed E-state index contributed by atoms with van der Waals surface area (Å²) in [6.07, 6.45) is 0.797. The Balaban J connectivity index is 2.33. The SMILES string of the molecule is COc1ccc(C)cc1CC(NN)c1ccc(C)cc1C. The molecule has 3 heteroatoms. The molecule has 0 aromatic heterocycles. The first kappa shape index (κ1) is 15.5. The van der Waals surface area contributed by atoms with E-state index in [2.05, 4.69) is 56.5 Å². The van der Waals surface area contributed by atoms with Crippen LogP contribution in [0.5, 0.6) is 5.75 Å². The summed E-state index contributed by atoms with van der Waals surface area (Å²) >= 11 is 0. The Hall–Kier alpha value is -1.84. The lowest BCUT2D eigenvalue weighted by Gasteiger charge is -2.20. The van der Waals surface area contributed by atoms with Crippen LogP contribution in [0.3, 0.4) is 0 Å². The maximum atomic E-state index is 5.80. The van der Waals surface area contributed by atoms with Crippen LogP contribution in [0, 0.1) is 20.8 Å². The Labute approximate surface area is 127 Å². The van der Waals surface area contributed by atoms with Gasteiger partial charge in [-0.1, -0.05) is 41.5 Å². The summed E-state index contributed by atoms with van der Waals surface area (Å²) in [7, 11) is 1.70. The van der Waals surface area contributed by atoms with Gasteiger partial charge in [0.15, 0.2) is 0 Å². The molecular weight excluding hydrogens is 260 g/mol. The topological polar surface area (TPSA) is 47.3 Å². The van der Waals surface area contributed by atoms with Gasteiger partial charge >= 0.3 is 0 Å². The monoisotopic (exact) mass is 284 g/mol. The zero-order valence-electron chi connectivity index (χ0n) is 13.2. The summed E-state index contributed by atoms with van der Waals surface area (Å²) < 4.78 is 5.46. The molecule has 0 saturated carbocycles. The van der Waals surface area contributed by atoms with Gasteiger partial charge in [-0.25, -0.2) is 0 Å². The average molecular weight is 284 g/mol. The molecule has 0 aliphatic heterocycles. The number of hydrazine groups is 1. The lowest BCUT2D eigenvalue weighted by Crippen LogP contribution is -2.30. The molecule has 0 radical (unpaired) electrons. The number of benzene rings is 2. The van der Waals surface area contributed by atoms with Crippen molar-refractivity contribution in [2.45, 2.75) is 33.2 Å². The van der Waals surface area contributed by atoms with Gasteiger partial charge < -0.3 is 4.74 Å². The van der Waals surface area contributed by atoms with E-state index in [-0.39, 0.29) is 6.04 Å². The van der Waals surface area contributed by atoms with Crippen molar-refractivity contribution in [1.29, 1.82) is 0 Å². The van der Waals surface area contributed by atoms with E-state index in [1.807, 2.05) is 6.07 Å². The van der Waals surface area contributed by atoms with E-state index in [1.54, 1.807) is 7.11 Å². The maximum absolute atomic E-state index is 5.80. The third-order valence-corrected chi connectivity index (χ3v) is 3.86. The minimum atomic E-state index is 0.0706. The van der Waals surface area contributed by atoms with Gasteiger partial charge in [0.05, 0.1) is 13.2 Å². The van der Waals surface area contributed by atoms with Crippen molar-refractivity contribution in [3.05, 3.63) is 64.2 Å². The van der Waals surface area contributed by atoms with E-state index in [4.69, 9.17) is 10.6 Å². The van der Waals surface area contributed by atoms with E-state index >= 15 is 0 Å². The van der Waals surface area contributed by atoms with Crippen molar-refractivity contribution >= 4 is 0 Å². The number of nitrogens with two attached hydrogens (primary N) is 1. The van der Waals surface area contributed by atoms with Gasteiger partial charge in [0.2, 0.25) is 0 Å². The predicted octanol–water partition coefficient (Wildman–Crippen LogP) is 3.37. The highest BCUT2D eigenvalue weighted by atomic mass is 16.5. The number of rotatable bonds is 5. The maximum Gasteiger partial charge on any atom is 0.122 e. The molecule has 3 N–H and O–H groups in total. The zero-order valence-corrected chi connectivity index (χ0v) is 13.2. The quantitative estimate of drug-likeness (QED) is 0.653. The molecule has 1 atom stereocenters. The van der Waals surface area contributed by atoms with Crippen molar-refractivity contribution in [3.8, 4) is 5.75 Å². The molecule has 0 spiro atoms. The van der Waals surface area contributed by atoms with Gasteiger partial charge in [0.25, 0.3) is 0 Å². The summed E-state index contributed by atoms with van der Waals surface area (Å²) in [5, 5.41) is 0. The fourth-order valence-electron chi connectivity index (χ4n) is 2.76. The number of ether oxygens (including phenoxy) is 1. The van der Waals surface area contributed by atoms with E-state index in [1.165, 1.54) is 27.8 Å². The molecule has 0 aliphatic rings. The second-order valence-corrected chi connectivity index (χ2v) is 5.60. The second-order valence-electron chi connectivity index (χ2n) is 5.60. The van der Waals surface area contributed by atoms with E-state index in [0.29, 0.717) is 0 Å². The number of methoxy groups -OCH3 is 1. The van der Waals surface area contributed by atoms with Gasteiger partial charge in [0.1, 0.15) is 5.75 Å². The van der Waals surface area contributed by atoms with Gasteiger partial charge in [-0.05, 0) is 49.9 Å². The van der Waals surface area contributed by atoms with Crippen LogP contribution in [-0.4, -0.2) is 7.11 Å². The molecule has 0 fully saturated rings. The molecular formula is C18H24N2O. The Morgan fingerprint density at radius 1 is 1.05 bits per heavy atom. The van der Waals surface area contributed by atoms with Gasteiger partial charge in [0, 0.05) is 0 Å². The summed E-state index contributed by atoms with van der Waals surface area (Å²) in [6.45, 7) is 6.32. The van der Waals surface area contributed by atoms with Gasteiger partial charge in [-0.2, -0.15) is 0 Å². The van der Waals surface area contributed by atoms with Crippen LogP contribution in [-0.2, 0) is 6.42 Å². The molecule has 2 aromatic rings. The van der Waals surface area contributed by atoms with Crippen LogP contribution in [0.15, 0.2) is 36.4 Å². The highest BCUT2D eigenvalue weighted by Crippen LogP contribution is 2.27. The normalized spacial score (nSPS) is 12.2. The van der Waals surface area contributed by atoms with Gasteiger partial charge in [-0.15, -0.1) is 0 Å². The van der Waals surface area contributed by atoms with Crippen LogP contribution in [0.2, 0.25) is 0 Å². The first-order chi connectivity index (χ1) is 10.0. The first-order valence-electron chi connectivity index (χ1n) is 7.22. The lowest BCUT2D eigenvalue weighted by atomic mass is 9.94. The Bertz CT molecular complexity index is 623. The second kappa shape index (κ2) is 6.74. The number of hydrogen-bond acceptors (Lipinski definition) is 3. The molecule has 2 aromatic carbocycles. The van der Waals surface area contributed by atoms with Crippen molar-refractivity contribution in [2.75, 3.05) is 7.11 Å². The van der Waals surface area contributed by atoms with Crippen LogP contribution in [0.25, 0.3) is 0 Å². The fraction of sp³-hybridized carbons (Fsp3) is 0.333. The Morgan fingerprint density at radius 2 is 1.71 bits per heavy atom. The minimum Gasteiger partial charge on any atom is -0.496 e. The largest absolute Gasteiger partial charge is 0.496 e. The van der Waals surface area contributed by atoms with Crippen LogP contribution in [0.4, 0.5) is 0 Å². The summed E-state index contributed by atoms with van der Waals surface area (Å²) in [5.41, 5.74) is 9.08. The summed E-state index contributed by atoms with van der Waals surface area (Å²) in [5.74, 6) is 6.71. The van der Waals surface area contributed by atoms with Crippen molar-refractivity contribution in [3.63, 3.8) is 0 Å². The zero-order chi connectivity index (χ0) is 15.4. The van der Waals surface area contributed by atoms with E-state index < -0.39 is 0 Å². The molecule has 0 amide bonds. The van der Waals surface area contributed by atoms with Crippen molar-refractivity contribution in [2.24, 2.45) is 5.84 Å². The summed E-state index contributed by atoms with van der Waals surface area (Å²) in [6, 6.07) is 12.8. The Morgan fingerprint density at radius 3 is 2.33 bits per heavy atom. The first-order valence-corrected chi connectivity index (χ1v) is 7.22. The number of hydrogen-bond donors (Lipinski definition) is 2. The minimum absolute atomic E-state index is 0.0706.